The van der Waals surface area contributed by atoms with Gasteiger partial charge in [0.15, 0.2) is 0 Å². The van der Waals surface area contributed by atoms with E-state index in [-0.39, 0.29) is 12.3 Å². The third-order valence-electron chi connectivity index (χ3n) is 4.52. The van der Waals surface area contributed by atoms with Crippen LogP contribution in [0.3, 0.4) is 0 Å². The maximum Gasteiger partial charge on any atom is 0.389 e. The van der Waals surface area contributed by atoms with Crippen LogP contribution in [0.5, 0.6) is 0 Å². The summed E-state index contributed by atoms with van der Waals surface area (Å²) >= 11 is 0. The van der Waals surface area contributed by atoms with Gasteiger partial charge in [0.25, 0.3) is 0 Å². The zero-order valence-electron chi connectivity index (χ0n) is 12.4. The Bertz CT molecular complexity index is 753. The van der Waals surface area contributed by atoms with Gasteiger partial charge in [0, 0.05) is 18.9 Å². The SMILES string of the molecule is CN1C(=O)C(C)(CCC(F)(F)F)c2ccc3ccccc3c21. The number of rotatable bonds is 2. The van der Waals surface area contributed by atoms with E-state index in [0.29, 0.717) is 5.56 Å². The standard InChI is InChI=1S/C17H16F3NO/c1-16(9-10-17(18,19)20)13-8-7-11-5-3-4-6-12(11)14(13)21(2)15(16)22/h3-8H,9-10H2,1-2H3. The first kappa shape index (κ1) is 14.9. The van der Waals surface area contributed by atoms with Gasteiger partial charge in [-0.1, -0.05) is 36.4 Å². The van der Waals surface area contributed by atoms with Crippen LogP contribution in [-0.4, -0.2) is 19.1 Å². The van der Waals surface area contributed by atoms with Crippen molar-refractivity contribution < 1.29 is 18.0 Å². The number of hydrogen-bond acceptors (Lipinski definition) is 1. The molecule has 1 unspecified atom stereocenters. The minimum atomic E-state index is -4.26. The Kier molecular flexibility index (Phi) is 3.20. The molecule has 2 aromatic carbocycles. The quantitative estimate of drug-likeness (QED) is 0.804. The fourth-order valence-corrected chi connectivity index (χ4v) is 3.28. The minimum Gasteiger partial charge on any atom is -0.314 e. The van der Waals surface area contributed by atoms with Gasteiger partial charge in [-0.3, -0.25) is 4.79 Å². The number of halogens is 3. The van der Waals surface area contributed by atoms with Gasteiger partial charge in [0.2, 0.25) is 5.91 Å². The fraction of sp³-hybridized carbons (Fsp3) is 0.353. The Hall–Kier alpha value is -2.04. The molecule has 1 atom stereocenters. The normalized spacial score (nSPS) is 21.5. The monoisotopic (exact) mass is 307 g/mol. The summed E-state index contributed by atoms with van der Waals surface area (Å²) in [4.78, 5) is 14.1. The largest absolute Gasteiger partial charge is 0.389 e. The topological polar surface area (TPSA) is 20.3 Å². The van der Waals surface area contributed by atoms with Crippen LogP contribution in [-0.2, 0) is 10.2 Å². The molecule has 0 spiro atoms. The average Bonchev–Trinajstić information content (AvgIpc) is 2.67. The number of carbonyl (C=O) groups excluding carboxylic acids is 1. The van der Waals surface area contributed by atoms with E-state index in [1.54, 1.807) is 20.0 Å². The molecular formula is C17H16F3NO. The first-order valence-electron chi connectivity index (χ1n) is 7.11. The lowest BCUT2D eigenvalue weighted by Crippen LogP contribution is -2.37. The Labute approximate surface area is 126 Å². The van der Waals surface area contributed by atoms with E-state index < -0.39 is 18.0 Å². The van der Waals surface area contributed by atoms with E-state index in [1.165, 1.54) is 4.90 Å². The van der Waals surface area contributed by atoms with Gasteiger partial charge in [0.05, 0.1) is 11.1 Å². The maximum absolute atomic E-state index is 12.6. The van der Waals surface area contributed by atoms with Gasteiger partial charge >= 0.3 is 6.18 Å². The average molecular weight is 307 g/mol. The molecule has 22 heavy (non-hydrogen) atoms. The molecule has 0 bridgehead atoms. The third-order valence-corrected chi connectivity index (χ3v) is 4.52. The van der Waals surface area contributed by atoms with Crippen molar-refractivity contribution in [1.82, 2.24) is 0 Å². The first-order valence-corrected chi connectivity index (χ1v) is 7.11. The molecule has 0 aromatic heterocycles. The van der Waals surface area contributed by atoms with Crippen LogP contribution in [0.2, 0.25) is 0 Å². The number of hydrogen-bond donors (Lipinski definition) is 0. The van der Waals surface area contributed by atoms with Crippen molar-refractivity contribution in [3.05, 3.63) is 42.0 Å². The number of likely N-dealkylation sites (N-methyl/N-ethyl adjacent to an activating group) is 1. The molecule has 0 fully saturated rings. The second kappa shape index (κ2) is 4.73. The predicted molar refractivity (Wildman–Crippen MR) is 80.0 cm³/mol. The molecule has 0 saturated heterocycles. The highest BCUT2D eigenvalue weighted by Crippen LogP contribution is 2.48. The van der Waals surface area contributed by atoms with Gasteiger partial charge in [-0.05, 0) is 24.3 Å². The zero-order valence-corrected chi connectivity index (χ0v) is 12.4. The molecule has 0 saturated carbocycles. The second-order valence-corrected chi connectivity index (χ2v) is 5.99. The van der Waals surface area contributed by atoms with Crippen molar-refractivity contribution in [3.63, 3.8) is 0 Å². The molecule has 5 heteroatoms. The van der Waals surface area contributed by atoms with Crippen molar-refractivity contribution in [2.45, 2.75) is 31.4 Å². The Balaban J connectivity index is 2.14. The summed E-state index contributed by atoms with van der Waals surface area (Å²) in [5.74, 6) is -0.275. The summed E-state index contributed by atoms with van der Waals surface area (Å²) in [5.41, 5.74) is 0.291. The molecule has 0 aliphatic carbocycles. The number of benzene rings is 2. The van der Waals surface area contributed by atoms with Crippen LogP contribution in [0.1, 0.15) is 25.3 Å². The fourth-order valence-electron chi connectivity index (χ4n) is 3.28. The van der Waals surface area contributed by atoms with E-state index >= 15 is 0 Å². The molecule has 2 nitrogen and oxygen atoms in total. The number of nitrogens with zero attached hydrogens (tertiary/aromatic N) is 1. The molecule has 1 aliphatic rings. The smallest absolute Gasteiger partial charge is 0.314 e. The van der Waals surface area contributed by atoms with Crippen molar-refractivity contribution >= 4 is 22.4 Å². The molecule has 1 heterocycles. The summed E-state index contributed by atoms with van der Waals surface area (Å²) in [7, 11) is 1.63. The molecule has 3 rings (SSSR count). The Morgan fingerprint density at radius 1 is 1.14 bits per heavy atom. The van der Waals surface area contributed by atoms with Crippen molar-refractivity contribution in [3.8, 4) is 0 Å². The third kappa shape index (κ3) is 2.16. The van der Waals surface area contributed by atoms with E-state index in [4.69, 9.17) is 0 Å². The summed E-state index contributed by atoms with van der Waals surface area (Å²) in [6.07, 6.45) is -5.46. The van der Waals surface area contributed by atoms with Crippen LogP contribution < -0.4 is 4.90 Å². The van der Waals surface area contributed by atoms with Crippen LogP contribution in [0.25, 0.3) is 10.8 Å². The lowest BCUT2D eigenvalue weighted by molar-refractivity contribution is -0.141. The van der Waals surface area contributed by atoms with Crippen molar-refractivity contribution in [2.75, 3.05) is 11.9 Å². The minimum absolute atomic E-state index is 0.231. The maximum atomic E-state index is 12.6. The summed E-state index contributed by atoms with van der Waals surface area (Å²) in [6, 6.07) is 11.2. The number of anilines is 1. The highest BCUT2D eigenvalue weighted by Gasteiger charge is 2.48. The number of fused-ring (bicyclic) bond motifs is 3. The summed E-state index contributed by atoms with van der Waals surface area (Å²) in [6.45, 7) is 1.61. The number of alkyl halides is 3. The van der Waals surface area contributed by atoms with Crippen molar-refractivity contribution in [2.24, 2.45) is 0 Å². The van der Waals surface area contributed by atoms with Crippen LogP contribution in [0.15, 0.2) is 36.4 Å². The highest BCUT2D eigenvalue weighted by atomic mass is 19.4. The highest BCUT2D eigenvalue weighted by molar-refractivity contribution is 6.14. The van der Waals surface area contributed by atoms with E-state index in [1.807, 2.05) is 30.3 Å². The van der Waals surface area contributed by atoms with Crippen LogP contribution in [0, 0.1) is 0 Å². The van der Waals surface area contributed by atoms with E-state index in [2.05, 4.69) is 0 Å². The summed E-state index contributed by atoms with van der Waals surface area (Å²) < 4.78 is 37.8. The van der Waals surface area contributed by atoms with Gasteiger partial charge in [0.1, 0.15) is 0 Å². The van der Waals surface area contributed by atoms with Gasteiger partial charge < -0.3 is 4.90 Å². The molecule has 2 aromatic rings. The second-order valence-electron chi connectivity index (χ2n) is 5.99. The molecule has 1 aliphatic heterocycles. The van der Waals surface area contributed by atoms with Gasteiger partial charge in [-0.15, -0.1) is 0 Å². The van der Waals surface area contributed by atoms with Crippen LogP contribution in [0.4, 0.5) is 18.9 Å². The lowest BCUT2D eigenvalue weighted by Gasteiger charge is -2.23. The molecule has 1 amide bonds. The Morgan fingerprint density at radius 2 is 1.82 bits per heavy atom. The van der Waals surface area contributed by atoms with Gasteiger partial charge in [-0.2, -0.15) is 13.2 Å². The zero-order chi connectivity index (χ0) is 16.1. The van der Waals surface area contributed by atoms with E-state index in [9.17, 15) is 18.0 Å². The number of carbonyl (C=O) groups is 1. The Morgan fingerprint density at radius 3 is 2.50 bits per heavy atom. The lowest BCUT2D eigenvalue weighted by atomic mass is 9.79. The van der Waals surface area contributed by atoms with Crippen LogP contribution >= 0.6 is 0 Å². The van der Waals surface area contributed by atoms with Gasteiger partial charge in [-0.25, -0.2) is 0 Å². The van der Waals surface area contributed by atoms with Crippen molar-refractivity contribution in [1.29, 1.82) is 0 Å². The van der Waals surface area contributed by atoms with E-state index in [0.717, 1.165) is 16.5 Å². The number of amides is 1. The molecule has 0 radical (unpaired) electrons. The first-order chi connectivity index (χ1) is 10.2. The molecule has 0 N–H and O–H groups in total. The summed E-state index contributed by atoms with van der Waals surface area (Å²) in [5, 5.41) is 1.87. The molecule has 116 valence electrons. The molecular weight excluding hydrogens is 291 g/mol. The predicted octanol–water partition coefficient (Wildman–Crippen LogP) is 4.42.